The Bertz CT molecular complexity index is 1240. The summed E-state index contributed by atoms with van der Waals surface area (Å²) in [5.74, 6) is 1.88. The predicted octanol–water partition coefficient (Wildman–Crippen LogP) is 5.83. The largest absolute Gasteiger partial charge is 0.494 e. The van der Waals surface area contributed by atoms with Crippen LogP contribution in [-0.4, -0.2) is 28.6 Å². The Morgan fingerprint density at radius 1 is 0.971 bits per heavy atom. The van der Waals surface area contributed by atoms with Gasteiger partial charge in [-0.3, -0.25) is 4.79 Å². The number of carbonyl (C=O) groups excluding carboxylic acids is 1. The zero-order valence-corrected chi connectivity index (χ0v) is 20.3. The third-order valence-electron chi connectivity index (χ3n) is 5.96. The molecule has 0 unspecified atom stereocenters. The van der Waals surface area contributed by atoms with Gasteiger partial charge < -0.3 is 14.6 Å². The van der Waals surface area contributed by atoms with Gasteiger partial charge in [0.1, 0.15) is 11.6 Å². The van der Waals surface area contributed by atoms with Crippen LogP contribution in [0.4, 0.5) is 0 Å². The van der Waals surface area contributed by atoms with Crippen molar-refractivity contribution in [3.05, 3.63) is 102 Å². The average molecular weight is 468 g/mol. The maximum Gasteiger partial charge on any atom is 0.243 e. The van der Waals surface area contributed by atoms with Gasteiger partial charge in [-0.15, -0.1) is 0 Å². The molecular formula is C30H33N3O2. The number of amides is 1. The van der Waals surface area contributed by atoms with E-state index in [2.05, 4.69) is 47.1 Å². The molecule has 1 amide bonds. The fourth-order valence-corrected chi connectivity index (χ4v) is 4.05. The minimum absolute atomic E-state index is 0.0773. The highest BCUT2D eigenvalue weighted by atomic mass is 16.5. The zero-order valence-electron chi connectivity index (χ0n) is 20.3. The van der Waals surface area contributed by atoms with Gasteiger partial charge in [-0.1, -0.05) is 61.5 Å². The number of aryl methyl sites for hydroxylation is 3. The number of ether oxygens (including phenoxy) is 1. The van der Waals surface area contributed by atoms with Crippen LogP contribution in [0.1, 0.15) is 36.7 Å². The van der Waals surface area contributed by atoms with Crippen LogP contribution in [0.5, 0.6) is 5.75 Å². The third-order valence-corrected chi connectivity index (χ3v) is 5.96. The number of rotatable bonds is 12. The fourth-order valence-electron chi connectivity index (χ4n) is 4.05. The molecule has 0 bridgehead atoms. The molecule has 5 heteroatoms. The summed E-state index contributed by atoms with van der Waals surface area (Å²) in [5, 5.41) is 2.97. The molecule has 4 aromatic rings. The Morgan fingerprint density at radius 3 is 2.54 bits per heavy atom. The Morgan fingerprint density at radius 2 is 1.74 bits per heavy atom. The monoisotopic (exact) mass is 467 g/mol. The first-order valence-corrected chi connectivity index (χ1v) is 12.4. The van der Waals surface area contributed by atoms with E-state index in [0.717, 1.165) is 60.4 Å². The van der Waals surface area contributed by atoms with Crippen molar-refractivity contribution >= 4 is 23.0 Å². The number of carbonyl (C=O) groups is 1. The van der Waals surface area contributed by atoms with E-state index in [9.17, 15) is 4.79 Å². The Hall–Kier alpha value is -3.86. The van der Waals surface area contributed by atoms with Crippen LogP contribution in [-0.2, 0) is 24.2 Å². The van der Waals surface area contributed by atoms with E-state index in [1.54, 1.807) is 6.08 Å². The van der Waals surface area contributed by atoms with Crippen LogP contribution in [0.2, 0.25) is 0 Å². The topological polar surface area (TPSA) is 56.1 Å². The Labute approximate surface area is 207 Å². The van der Waals surface area contributed by atoms with Crippen LogP contribution < -0.4 is 10.1 Å². The highest BCUT2D eigenvalue weighted by molar-refractivity contribution is 5.91. The summed E-state index contributed by atoms with van der Waals surface area (Å²) in [4.78, 5) is 17.0. The van der Waals surface area contributed by atoms with Crippen LogP contribution >= 0.6 is 0 Å². The molecular weight excluding hydrogens is 434 g/mol. The van der Waals surface area contributed by atoms with Crippen LogP contribution in [0.3, 0.4) is 0 Å². The molecule has 0 atom stereocenters. The maximum absolute atomic E-state index is 12.1. The normalized spacial score (nSPS) is 11.2. The number of nitrogens with zero attached hydrogens (tertiary/aromatic N) is 2. The molecule has 0 spiro atoms. The zero-order chi connectivity index (χ0) is 24.3. The molecule has 0 saturated carbocycles. The summed E-state index contributed by atoms with van der Waals surface area (Å²) in [6.07, 6.45) is 6.97. The predicted molar refractivity (Wildman–Crippen MR) is 142 cm³/mol. The smallest absolute Gasteiger partial charge is 0.243 e. The van der Waals surface area contributed by atoms with Gasteiger partial charge in [-0.25, -0.2) is 4.98 Å². The van der Waals surface area contributed by atoms with Crippen molar-refractivity contribution < 1.29 is 9.53 Å². The van der Waals surface area contributed by atoms with Gasteiger partial charge in [0.05, 0.1) is 17.6 Å². The van der Waals surface area contributed by atoms with Crippen molar-refractivity contribution in [2.45, 2.75) is 39.2 Å². The van der Waals surface area contributed by atoms with Gasteiger partial charge in [-0.05, 0) is 60.7 Å². The van der Waals surface area contributed by atoms with E-state index < -0.39 is 0 Å². The second kappa shape index (κ2) is 12.6. The number of benzene rings is 3. The van der Waals surface area contributed by atoms with Crippen molar-refractivity contribution in [2.75, 3.05) is 13.2 Å². The fraction of sp³-hybridized carbons (Fsp3) is 0.267. The summed E-state index contributed by atoms with van der Waals surface area (Å²) >= 11 is 0. The SMILES string of the molecule is CCc1ccc(OCCCn2c(CCCNC(=O)/C=C/c3ccccc3)nc3ccccc32)cc1. The number of nitrogens with one attached hydrogen (secondary N) is 1. The van der Waals surface area contributed by atoms with E-state index in [-0.39, 0.29) is 5.91 Å². The van der Waals surface area contributed by atoms with Gasteiger partial charge in [-0.2, -0.15) is 0 Å². The number of imidazole rings is 1. The molecule has 1 heterocycles. The number of para-hydroxylation sites is 2. The molecule has 0 saturated heterocycles. The van der Waals surface area contributed by atoms with Crippen molar-refractivity contribution in [2.24, 2.45) is 0 Å². The number of aromatic nitrogens is 2. The molecule has 0 fully saturated rings. The molecule has 1 N–H and O–H groups in total. The number of hydrogen-bond donors (Lipinski definition) is 1. The second-order valence-corrected chi connectivity index (χ2v) is 8.51. The molecule has 5 nitrogen and oxygen atoms in total. The quantitative estimate of drug-likeness (QED) is 0.211. The van der Waals surface area contributed by atoms with Crippen LogP contribution in [0, 0.1) is 0 Å². The lowest BCUT2D eigenvalue weighted by molar-refractivity contribution is -0.116. The Balaban J connectivity index is 1.28. The first-order valence-electron chi connectivity index (χ1n) is 12.4. The maximum atomic E-state index is 12.1. The van der Waals surface area contributed by atoms with E-state index in [4.69, 9.17) is 9.72 Å². The summed E-state index contributed by atoms with van der Waals surface area (Å²) in [5.41, 5.74) is 4.48. The van der Waals surface area contributed by atoms with Gasteiger partial charge >= 0.3 is 0 Å². The molecule has 0 aliphatic rings. The highest BCUT2D eigenvalue weighted by Crippen LogP contribution is 2.18. The van der Waals surface area contributed by atoms with Gasteiger partial charge in [0.25, 0.3) is 0 Å². The molecule has 180 valence electrons. The number of hydrogen-bond acceptors (Lipinski definition) is 3. The van der Waals surface area contributed by atoms with Crippen molar-refractivity contribution in [1.29, 1.82) is 0 Å². The summed E-state index contributed by atoms with van der Waals surface area (Å²) in [6.45, 7) is 4.26. The summed E-state index contributed by atoms with van der Waals surface area (Å²) in [6, 6.07) is 26.4. The molecule has 0 radical (unpaired) electrons. The molecule has 1 aromatic heterocycles. The number of fused-ring (bicyclic) bond motifs is 1. The van der Waals surface area contributed by atoms with Crippen molar-refractivity contribution in [1.82, 2.24) is 14.9 Å². The third kappa shape index (κ3) is 7.06. The van der Waals surface area contributed by atoms with E-state index in [0.29, 0.717) is 13.2 Å². The van der Waals surface area contributed by atoms with Crippen molar-refractivity contribution in [3.8, 4) is 5.75 Å². The second-order valence-electron chi connectivity index (χ2n) is 8.51. The summed E-state index contributed by atoms with van der Waals surface area (Å²) < 4.78 is 8.24. The Kier molecular flexibility index (Phi) is 8.71. The van der Waals surface area contributed by atoms with Gasteiger partial charge in [0.2, 0.25) is 5.91 Å². The lowest BCUT2D eigenvalue weighted by atomic mass is 10.2. The van der Waals surface area contributed by atoms with Crippen LogP contribution in [0.25, 0.3) is 17.1 Å². The molecule has 4 rings (SSSR count). The average Bonchev–Trinajstić information content (AvgIpc) is 3.26. The molecule has 35 heavy (non-hydrogen) atoms. The first kappa shape index (κ1) is 24.3. The van der Waals surface area contributed by atoms with Crippen molar-refractivity contribution in [3.63, 3.8) is 0 Å². The minimum Gasteiger partial charge on any atom is -0.494 e. The lowest BCUT2D eigenvalue weighted by Crippen LogP contribution is -2.22. The summed E-state index contributed by atoms with van der Waals surface area (Å²) in [7, 11) is 0. The van der Waals surface area contributed by atoms with E-state index >= 15 is 0 Å². The highest BCUT2D eigenvalue weighted by Gasteiger charge is 2.10. The van der Waals surface area contributed by atoms with Gasteiger partial charge in [0, 0.05) is 25.6 Å². The molecule has 0 aliphatic carbocycles. The van der Waals surface area contributed by atoms with E-state index in [1.807, 2.05) is 54.6 Å². The minimum atomic E-state index is -0.0773. The van der Waals surface area contributed by atoms with E-state index in [1.165, 1.54) is 5.56 Å². The standard InChI is InChI=1S/C30H33N3O2/c1-2-24-15-18-26(19-16-24)35-23-9-22-33-28-13-7-6-12-27(28)32-29(33)14-8-21-31-30(34)20-17-25-10-4-3-5-11-25/h3-7,10-13,15-20H,2,8-9,14,21-23H2,1H3,(H,31,34)/b20-17+. The lowest BCUT2D eigenvalue weighted by Gasteiger charge is -2.11. The van der Waals surface area contributed by atoms with Crippen LogP contribution in [0.15, 0.2) is 84.9 Å². The molecule has 0 aliphatic heterocycles. The first-order chi connectivity index (χ1) is 17.2. The molecule has 3 aromatic carbocycles. The van der Waals surface area contributed by atoms with Gasteiger partial charge in [0.15, 0.2) is 0 Å².